The molecule has 1 aromatic rings. The minimum atomic E-state index is 0.632. The molecule has 1 N–H and O–H groups in total. The maximum Gasteiger partial charge on any atom is 0.161 e. The zero-order valence-corrected chi connectivity index (χ0v) is 8.82. The summed E-state index contributed by atoms with van der Waals surface area (Å²) in [7, 11) is 1.65. The van der Waals surface area contributed by atoms with Crippen LogP contribution in [0.1, 0.15) is 0 Å². The van der Waals surface area contributed by atoms with Gasteiger partial charge in [-0.05, 0) is 17.7 Å². The van der Waals surface area contributed by atoms with Gasteiger partial charge in [0.2, 0.25) is 0 Å². The summed E-state index contributed by atoms with van der Waals surface area (Å²) in [5.74, 6) is 1.58. The Kier molecular flexibility index (Phi) is 3.25. The molecule has 1 aliphatic heterocycles. The van der Waals surface area contributed by atoms with Gasteiger partial charge in [-0.1, -0.05) is 18.2 Å². The average molecular weight is 205 g/mol. The van der Waals surface area contributed by atoms with Gasteiger partial charge >= 0.3 is 0 Å². The highest BCUT2D eigenvalue weighted by Gasteiger charge is 2.06. The molecule has 0 radical (unpaired) electrons. The van der Waals surface area contributed by atoms with Gasteiger partial charge in [0.05, 0.1) is 7.11 Å². The number of para-hydroxylation sites is 2. The van der Waals surface area contributed by atoms with Crippen LogP contribution in [0.2, 0.25) is 0 Å². The van der Waals surface area contributed by atoms with Crippen molar-refractivity contribution in [3.8, 4) is 11.5 Å². The van der Waals surface area contributed by atoms with Crippen LogP contribution in [0.4, 0.5) is 0 Å². The Morgan fingerprint density at radius 3 is 2.73 bits per heavy atom. The average Bonchev–Trinajstić information content (AvgIpc) is 2.79. The highest BCUT2D eigenvalue weighted by molar-refractivity contribution is 5.39. The molecule has 2 rings (SSSR count). The SMILES string of the molecule is COc1ccccc1OCC1=CCNC1. The molecule has 0 saturated heterocycles. The third-order valence-electron chi connectivity index (χ3n) is 2.37. The number of ether oxygens (including phenoxy) is 2. The number of methoxy groups -OCH3 is 1. The van der Waals surface area contributed by atoms with Crippen molar-refractivity contribution in [3.05, 3.63) is 35.9 Å². The minimum absolute atomic E-state index is 0.632. The second-order valence-electron chi connectivity index (χ2n) is 3.43. The molecule has 3 heteroatoms. The van der Waals surface area contributed by atoms with Crippen molar-refractivity contribution in [2.24, 2.45) is 0 Å². The molecule has 0 amide bonds. The van der Waals surface area contributed by atoms with Gasteiger partial charge in [-0.2, -0.15) is 0 Å². The van der Waals surface area contributed by atoms with Gasteiger partial charge in [0.15, 0.2) is 11.5 Å². The molecule has 0 atom stereocenters. The Morgan fingerprint density at radius 2 is 2.07 bits per heavy atom. The van der Waals surface area contributed by atoms with E-state index >= 15 is 0 Å². The lowest BCUT2D eigenvalue weighted by Crippen LogP contribution is -2.11. The lowest BCUT2D eigenvalue weighted by Gasteiger charge is -2.10. The van der Waals surface area contributed by atoms with Crippen LogP contribution in [0.3, 0.4) is 0 Å². The standard InChI is InChI=1S/C12H15NO2/c1-14-11-4-2-3-5-12(11)15-9-10-6-7-13-8-10/h2-6,13H,7-9H2,1H3. The van der Waals surface area contributed by atoms with Crippen LogP contribution < -0.4 is 14.8 Å². The molecule has 1 aromatic carbocycles. The van der Waals surface area contributed by atoms with E-state index in [1.807, 2.05) is 24.3 Å². The van der Waals surface area contributed by atoms with E-state index in [0.29, 0.717) is 6.61 Å². The van der Waals surface area contributed by atoms with Crippen LogP contribution in [0, 0.1) is 0 Å². The third kappa shape index (κ3) is 2.50. The van der Waals surface area contributed by atoms with Gasteiger partial charge in [-0.25, -0.2) is 0 Å². The summed E-state index contributed by atoms with van der Waals surface area (Å²) in [6.45, 7) is 2.51. The van der Waals surface area contributed by atoms with Crippen molar-refractivity contribution in [1.29, 1.82) is 0 Å². The summed E-state index contributed by atoms with van der Waals surface area (Å²) in [4.78, 5) is 0. The van der Waals surface area contributed by atoms with Crippen LogP contribution in [-0.4, -0.2) is 26.8 Å². The smallest absolute Gasteiger partial charge is 0.161 e. The molecule has 1 aliphatic rings. The number of rotatable bonds is 4. The molecule has 80 valence electrons. The van der Waals surface area contributed by atoms with Crippen LogP contribution in [0.15, 0.2) is 35.9 Å². The molecule has 0 aromatic heterocycles. The first-order valence-corrected chi connectivity index (χ1v) is 5.04. The van der Waals surface area contributed by atoms with Gasteiger partial charge in [-0.3, -0.25) is 0 Å². The van der Waals surface area contributed by atoms with Gasteiger partial charge < -0.3 is 14.8 Å². The summed E-state index contributed by atoms with van der Waals surface area (Å²) in [5.41, 5.74) is 1.29. The maximum absolute atomic E-state index is 5.68. The molecule has 0 bridgehead atoms. The Morgan fingerprint density at radius 1 is 1.27 bits per heavy atom. The maximum atomic E-state index is 5.68. The van der Waals surface area contributed by atoms with Crippen molar-refractivity contribution >= 4 is 0 Å². The first kappa shape index (κ1) is 10.1. The molecule has 3 nitrogen and oxygen atoms in total. The van der Waals surface area contributed by atoms with Gasteiger partial charge in [0, 0.05) is 13.1 Å². The van der Waals surface area contributed by atoms with E-state index in [2.05, 4.69) is 11.4 Å². The van der Waals surface area contributed by atoms with Gasteiger partial charge in [0.25, 0.3) is 0 Å². The second-order valence-corrected chi connectivity index (χ2v) is 3.43. The highest BCUT2D eigenvalue weighted by atomic mass is 16.5. The van der Waals surface area contributed by atoms with Crippen molar-refractivity contribution in [2.75, 3.05) is 26.8 Å². The zero-order valence-electron chi connectivity index (χ0n) is 8.82. The summed E-state index contributed by atoms with van der Waals surface area (Å²) in [6.07, 6.45) is 2.16. The number of benzene rings is 1. The summed E-state index contributed by atoms with van der Waals surface area (Å²) < 4.78 is 10.9. The van der Waals surface area contributed by atoms with Crippen LogP contribution in [-0.2, 0) is 0 Å². The number of hydrogen-bond acceptors (Lipinski definition) is 3. The molecular formula is C12H15NO2. The van der Waals surface area contributed by atoms with E-state index in [9.17, 15) is 0 Å². The predicted octanol–water partition coefficient (Wildman–Crippen LogP) is 1.60. The lowest BCUT2D eigenvalue weighted by atomic mass is 10.3. The number of hydrogen-bond donors (Lipinski definition) is 1. The molecular weight excluding hydrogens is 190 g/mol. The summed E-state index contributed by atoms with van der Waals surface area (Å²) >= 11 is 0. The van der Waals surface area contributed by atoms with Crippen molar-refractivity contribution < 1.29 is 9.47 Å². The van der Waals surface area contributed by atoms with Crippen molar-refractivity contribution in [3.63, 3.8) is 0 Å². The highest BCUT2D eigenvalue weighted by Crippen LogP contribution is 2.26. The van der Waals surface area contributed by atoms with E-state index < -0.39 is 0 Å². The first-order chi connectivity index (χ1) is 7.40. The van der Waals surface area contributed by atoms with Crippen LogP contribution >= 0.6 is 0 Å². The quantitative estimate of drug-likeness (QED) is 0.757. The van der Waals surface area contributed by atoms with Crippen molar-refractivity contribution in [2.45, 2.75) is 0 Å². The lowest BCUT2D eigenvalue weighted by molar-refractivity contribution is 0.318. The Labute approximate surface area is 89.7 Å². The Hall–Kier alpha value is -1.48. The van der Waals surface area contributed by atoms with E-state index in [4.69, 9.17) is 9.47 Å². The first-order valence-electron chi connectivity index (χ1n) is 5.04. The summed E-state index contributed by atoms with van der Waals surface area (Å²) in [5, 5.41) is 3.23. The van der Waals surface area contributed by atoms with Gasteiger partial charge in [0.1, 0.15) is 6.61 Å². The predicted molar refractivity (Wildman–Crippen MR) is 59.4 cm³/mol. The topological polar surface area (TPSA) is 30.5 Å². The zero-order chi connectivity index (χ0) is 10.5. The van der Waals surface area contributed by atoms with Gasteiger partial charge in [-0.15, -0.1) is 0 Å². The van der Waals surface area contributed by atoms with E-state index in [0.717, 1.165) is 24.6 Å². The van der Waals surface area contributed by atoms with E-state index in [1.54, 1.807) is 7.11 Å². The number of nitrogens with one attached hydrogen (secondary N) is 1. The van der Waals surface area contributed by atoms with Crippen LogP contribution in [0.25, 0.3) is 0 Å². The fraction of sp³-hybridized carbons (Fsp3) is 0.333. The Bertz CT molecular complexity index is 360. The largest absolute Gasteiger partial charge is 0.493 e. The molecule has 0 aliphatic carbocycles. The molecule has 0 saturated carbocycles. The van der Waals surface area contributed by atoms with Crippen LogP contribution in [0.5, 0.6) is 11.5 Å². The van der Waals surface area contributed by atoms with Crippen molar-refractivity contribution in [1.82, 2.24) is 5.32 Å². The Balaban J connectivity index is 1.97. The fourth-order valence-corrected chi connectivity index (χ4v) is 1.54. The van der Waals surface area contributed by atoms with E-state index in [1.165, 1.54) is 5.57 Å². The minimum Gasteiger partial charge on any atom is -0.493 e. The monoisotopic (exact) mass is 205 g/mol. The third-order valence-corrected chi connectivity index (χ3v) is 2.37. The molecule has 0 spiro atoms. The molecule has 0 unspecified atom stereocenters. The summed E-state index contributed by atoms with van der Waals surface area (Å²) in [6, 6.07) is 7.69. The fourth-order valence-electron chi connectivity index (χ4n) is 1.54. The molecule has 15 heavy (non-hydrogen) atoms. The molecule has 1 heterocycles. The van der Waals surface area contributed by atoms with E-state index in [-0.39, 0.29) is 0 Å². The normalized spacial score (nSPS) is 14.9. The molecule has 0 fully saturated rings. The second kappa shape index (κ2) is 4.84.